The van der Waals surface area contributed by atoms with Gasteiger partial charge < -0.3 is 10.5 Å². The number of para-hydroxylation sites is 1. The molecule has 1 aromatic heterocycles. The summed E-state index contributed by atoms with van der Waals surface area (Å²) in [5.41, 5.74) is 6.29. The van der Waals surface area contributed by atoms with E-state index in [1.165, 1.54) is 18.3 Å². The van der Waals surface area contributed by atoms with Crippen molar-refractivity contribution in [1.82, 2.24) is 4.98 Å². The number of nitro benzene ring substituents is 1. The van der Waals surface area contributed by atoms with Crippen molar-refractivity contribution in [3.63, 3.8) is 0 Å². The molecule has 0 aliphatic heterocycles. The number of pyridine rings is 1. The summed E-state index contributed by atoms with van der Waals surface area (Å²) in [6.45, 7) is 1.71. The van der Waals surface area contributed by atoms with E-state index in [1.54, 1.807) is 25.1 Å². The van der Waals surface area contributed by atoms with Gasteiger partial charge in [0.05, 0.1) is 4.92 Å². The zero-order valence-corrected chi connectivity index (χ0v) is 10.7. The average Bonchev–Trinajstić information content (AvgIpc) is 2.41. The van der Waals surface area contributed by atoms with Gasteiger partial charge in [0.1, 0.15) is 5.84 Å². The van der Waals surface area contributed by atoms with Crippen molar-refractivity contribution in [2.24, 2.45) is 5.73 Å². The topological polar surface area (TPSA) is 115 Å². The highest BCUT2D eigenvalue weighted by Gasteiger charge is 2.18. The number of aryl methyl sites for hydroxylation is 1. The number of ether oxygens (including phenoxy) is 1. The van der Waals surface area contributed by atoms with Crippen LogP contribution >= 0.6 is 0 Å². The van der Waals surface area contributed by atoms with E-state index < -0.39 is 4.92 Å². The van der Waals surface area contributed by atoms with Gasteiger partial charge in [-0.1, -0.05) is 12.1 Å². The molecule has 102 valence electrons. The number of nitrogens with one attached hydrogen (secondary N) is 1. The van der Waals surface area contributed by atoms with Gasteiger partial charge in [0.25, 0.3) is 0 Å². The Morgan fingerprint density at radius 2 is 2.20 bits per heavy atom. The Balaban J connectivity index is 2.42. The number of nitrogen functional groups attached to an aromatic ring is 1. The van der Waals surface area contributed by atoms with Crippen LogP contribution in [0.5, 0.6) is 11.6 Å². The number of nitrogens with zero attached hydrogens (tertiary/aromatic N) is 2. The molecular weight excluding hydrogens is 260 g/mol. The van der Waals surface area contributed by atoms with E-state index in [-0.39, 0.29) is 23.2 Å². The molecule has 0 spiro atoms. The second-order valence-corrected chi connectivity index (χ2v) is 4.08. The monoisotopic (exact) mass is 272 g/mol. The van der Waals surface area contributed by atoms with Gasteiger partial charge in [-0.2, -0.15) is 0 Å². The van der Waals surface area contributed by atoms with Crippen LogP contribution in [0.2, 0.25) is 0 Å². The van der Waals surface area contributed by atoms with Crippen molar-refractivity contribution in [3.8, 4) is 11.6 Å². The minimum atomic E-state index is -0.517. The van der Waals surface area contributed by atoms with Gasteiger partial charge >= 0.3 is 5.69 Å². The standard InChI is InChI=1S/C13H12N4O3/c1-8-3-2-4-10(17(18)19)12(8)20-11-7-9(13(14)15)5-6-16-11/h2-7H,1H3,(H3,14,15). The summed E-state index contributed by atoms with van der Waals surface area (Å²) in [5.74, 6) is 0.150. The molecule has 0 amide bonds. The smallest absolute Gasteiger partial charge is 0.311 e. The van der Waals surface area contributed by atoms with Gasteiger partial charge in [0.2, 0.25) is 11.6 Å². The SMILES string of the molecule is Cc1cccc([N+](=O)[O-])c1Oc1cc(C(=N)N)ccn1. The lowest BCUT2D eigenvalue weighted by Crippen LogP contribution is -2.11. The molecule has 2 rings (SSSR count). The third-order valence-electron chi connectivity index (χ3n) is 2.64. The summed E-state index contributed by atoms with van der Waals surface area (Å²) < 4.78 is 5.49. The Labute approximate surface area is 114 Å². The summed E-state index contributed by atoms with van der Waals surface area (Å²) in [5, 5.41) is 18.3. The molecule has 2 aromatic rings. The Kier molecular flexibility index (Phi) is 3.60. The highest BCUT2D eigenvalue weighted by molar-refractivity contribution is 5.95. The van der Waals surface area contributed by atoms with Gasteiger partial charge in [-0.25, -0.2) is 4.98 Å². The minimum absolute atomic E-state index is 0.128. The lowest BCUT2D eigenvalue weighted by atomic mass is 10.2. The predicted octanol–water partition coefficient (Wildman–Crippen LogP) is 2.37. The van der Waals surface area contributed by atoms with E-state index in [4.69, 9.17) is 15.9 Å². The Bertz CT molecular complexity index is 685. The molecule has 3 N–H and O–H groups in total. The summed E-state index contributed by atoms with van der Waals surface area (Å²) in [7, 11) is 0. The number of amidine groups is 1. The lowest BCUT2D eigenvalue weighted by Gasteiger charge is -2.08. The summed E-state index contributed by atoms with van der Waals surface area (Å²) in [4.78, 5) is 14.4. The second kappa shape index (κ2) is 5.35. The number of benzene rings is 1. The van der Waals surface area contributed by atoms with Crippen molar-refractivity contribution in [2.45, 2.75) is 6.92 Å². The zero-order valence-electron chi connectivity index (χ0n) is 10.7. The molecule has 20 heavy (non-hydrogen) atoms. The van der Waals surface area contributed by atoms with Crippen LogP contribution in [0.25, 0.3) is 0 Å². The summed E-state index contributed by atoms with van der Waals surface area (Å²) in [6, 6.07) is 7.66. The quantitative estimate of drug-likeness (QED) is 0.383. The van der Waals surface area contributed by atoms with Crippen LogP contribution in [0.3, 0.4) is 0 Å². The van der Waals surface area contributed by atoms with E-state index in [1.807, 2.05) is 0 Å². The van der Waals surface area contributed by atoms with Crippen LogP contribution in [0.15, 0.2) is 36.5 Å². The van der Waals surface area contributed by atoms with Crippen molar-refractivity contribution < 1.29 is 9.66 Å². The molecule has 0 fully saturated rings. The largest absolute Gasteiger partial charge is 0.431 e. The van der Waals surface area contributed by atoms with E-state index in [2.05, 4.69) is 4.98 Å². The van der Waals surface area contributed by atoms with Crippen LogP contribution in [0.1, 0.15) is 11.1 Å². The highest BCUT2D eigenvalue weighted by Crippen LogP contribution is 2.33. The number of rotatable bonds is 4. The van der Waals surface area contributed by atoms with Crippen LogP contribution in [0.4, 0.5) is 5.69 Å². The van der Waals surface area contributed by atoms with Crippen molar-refractivity contribution in [2.75, 3.05) is 0 Å². The Hall–Kier alpha value is -2.96. The second-order valence-electron chi connectivity index (χ2n) is 4.08. The fourth-order valence-corrected chi connectivity index (χ4v) is 1.65. The zero-order chi connectivity index (χ0) is 14.7. The van der Waals surface area contributed by atoms with Gasteiger partial charge in [-0.15, -0.1) is 0 Å². The van der Waals surface area contributed by atoms with E-state index in [0.717, 1.165) is 0 Å². The van der Waals surface area contributed by atoms with E-state index >= 15 is 0 Å². The van der Waals surface area contributed by atoms with Crippen LogP contribution < -0.4 is 10.5 Å². The Morgan fingerprint density at radius 3 is 2.85 bits per heavy atom. The lowest BCUT2D eigenvalue weighted by molar-refractivity contribution is -0.385. The summed E-state index contributed by atoms with van der Waals surface area (Å²) >= 11 is 0. The van der Waals surface area contributed by atoms with Gasteiger partial charge in [0.15, 0.2) is 0 Å². The fourth-order valence-electron chi connectivity index (χ4n) is 1.65. The number of nitro groups is 1. The maximum Gasteiger partial charge on any atom is 0.311 e. The first-order valence-electron chi connectivity index (χ1n) is 5.71. The van der Waals surface area contributed by atoms with Crippen LogP contribution in [0, 0.1) is 22.4 Å². The third kappa shape index (κ3) is 2.72. The number of hydrogen-bond donors (Lipinski definition) is 2. The first-order chi connectivity index (χ1) is 9.49. The normalized spacial score (nSPS) is 10.1. The highest BCUT2D eigenvalue weighted by atomic mass is 16.6. The number of nitrogens with two attached hydrogens (primary N) is 1. The molecule has 7 heteroatoms. The molecule has 1 aromatic carbocycles. The fraction of sp³-hybridized carbons (Fsp3) is 0.0769. The average molecular weight is 272 g/mol. The molecule has 7 nitrogen and oxygen atoms in total. The molecule has 0 saturated carbocycles. The molecule has 0 atom stereocenters. The van der Waals surface area contributed by atoms with Crippen LogP contribution in [-0.4, -0.2) is 15.7 Å². The van der Waals surface area contributed by atoms with E-state index in [0.29, 0.717) is 11.1 Å². The van der Waals surface area contributed by atoms with Crippen molar-refractivity contribution in [3.05, 3.63) is 57.8 Å². The van der Waals surface area contributed by atoms with E-state index in [9.17, 15) is 10.1 Å². The van der Waals surface area contributed by atoms with Crippen LogP contribution in [-0.2, 0) is 0 Å². The predicted molar refractivity (Wildman–Crippen MR) is 73.2 cm³/mol. The molecular formula is C13H12N4O3. The molecule has 0 unspecified atom stereocenters. The van der Waals surface area contributed by atoms with Crippen molar-refractivity contribution >= 4 is 11.5 Å². The number of hydrogen-bond acceptors (Lipinski definition) is 5. The molecule has 1 heterocycles. The first kappa shape index (κ1) is 13.5. The maximum absolute atomic E-state index is 11.0. The molecule has 0 aliphatic rings. The first-order valence-corrected chi connectivity index (χ1v) is 5.71. The van der Waals surface area contributed by atoms with Gasteiger partial charge in [-0.3, -0.25) is 15.5 Å². The maximum atomic E-state index is 11.0. The summed E-state index contributed by atoms with van der Waals surface area (Å²) in [6.07, 6.45) is 1.43. The Morgan fingerprint density at radius 1 is 1.45 bits per heavy atom. The molecule has 0 bridgehead atoms. The third-order valence-corrected chi connectivity index (χ3v) is 2.64. The van der Waals surface area contributed by atoms with Gasteiger partial charge in [-0.05, 0) is 18.6 Å². The van der Waals surface area contributed by atoms with Crippen molar-refractivity contribution in [1.29, 1.82) is 5.41 Å². The minimum Gasteiger partial charge on any atom is -0.431 e. The molecule has 0 saturated heterocycles. The molecule has 0 radical (unpaired) electrons. The molecule has 0 aliphatic carbocycles. The van der Waals surface area contributed by atoms with Gasteiger partial charge in [0, 0.05) is 23.9 Å². The number of aromatic nitrogens is 1.